The number of hydrogen-bond acceptors (Lipinski definition) is 5. The zero-order chi connectivity index (χ0) is 22.8. The molecule has 0 spiro atoms. The lowest BCUT2D eigenvalue weighted by atomic mass is 9.93. The van der Waals surface area contributed by atoms with Gasteiger partial charge >= 0.3 is 5.97 Å². The summed E-state index contributed by atoms with van der Waals surface area (Å²) in [7, 11) is 0. The average Bonchev–Trinajstić information content (AvgIpc) is 2.85. The number of halogens is 1. The van der Waals surface area contributed by atoms with Crippen LogP contribution >= 0.6 is 0 Å². The molecule has 1 amide bonds. The van der Waals surface area contributed by atoms with Gasteiger partial charge in [0, 0.05) is 36.4 Å². The standard InChI is InChI=1S/C26H23FN2O4/c27-20-4-1-17(2-5-20)24-16-19-15-18(3-10-23(19)26(31)33-24)25(30)28-21-6-8-22(9-7-21)29-11-13-32-14-12-29/h1-10,15,24H,11-14,16H2,(H,28,30). The van der Waals surface area contributed by atoms with Gasteiger partial charge in [0.1, 0.15) is 11.9 Å². The van der Waals surface area contributed by atoms with Gasteiger partial charge in [0.25, 0.3) is 5.91 Å². The third-order valence-electron chi connectivity index (χ3n) is 5.99. The van der Waals surface area contributed by atoms with Crippen LogP contribution in [0.1, 0.15) is 37.9 Å². The Morgan fingerprint density at radius 2 is 1.70 bits per heavy atom. The van der Waals surface area contributed by atoms with Crippen molar-refractivity contribution >= 4 is 23.3 Å². The largest absolute Gasteiger partial charge is 0.454 e. The van der Waals surface area contributed by atoms with Gasteiger partial charge in [0.2, 0.25) is 0 Å². The monoisotopic (exact) mass is 446 g/mol. The van der Waals surface area contributed by atoms with Crippen LogP contribution in [0.15, 0.2) is 66.7 Å². The fourth-order valence-electron chi connectivity index (χ4n) is 4.18. The molecule has 33 heavy (non-hydrogen) atoms. The minimum Gasteiger partial charge on any atom is -0.454 e. The number of cyclic esters (lactones) is 1. The van der Waals surface area contributed by atoms with Crippen LogP contribution in [0.3, 0.4) is 0 Å². The zero-order valence-electron chi connectivity index (χ0n) is 17.9. The number of nitrogens with one attached hydrogen (secondary N) is 1. The lowest BCUT2D eigenvalue weighted by Gasteiger charge is -2.28. The molecule has 2 aliphatic rings. The fourth-order valence-corrected chi connectivity index (χ4v) is 4.18. The second-order valence-corrected chi connectivity index (χ2v) is 8.12. The highest BCUT2D eigenvalue weighted by atomic mass is 19.1. The van der Waals surface area contributed by atoms with Crippen molar-refractivity contribution in [2.45, 2.75) is 12.5 Å². The van der Waals surface area contributed by atoms with Crippen molar-refractivity contribution in [2.75, 3.05) is 36.5 Å². The molecule has 0 bridgehead atoms. The topological polar surface area (TPSA) is 67.9 Å². The van der Waals surface area contributed by atoms with Crippen molar-refractivity contribution in [2.24, 2.45) is 0 Å². The van der Waals surface area contributed by atoms with E-state index in [0.717, 1.165) is 24.3 Å². The van der Waals surface area contributed by atoms with Gasteiger partial charge in [-0.05, 0) is 65.7 Å². The molecule has 168 valence electrons. The second-order valence-electron chi connectivity index (χ2n) is 8.12. The van der Waals surface area contributed by atoms with E-state index in [-0.39, 0.29) is 11.7 Å². The maximum atomic E-state index is 13.2. The van der Waals surface area contributed by atoms with Gasteiger partial charge in [-0.1, -0.05) is 12.1 Å². The predicted octanol–water partition coefficient (Wildman–Crippen LogP) is 4.37. The number of carbonyl (C=O) groups is 2. The van der Waals surface area contributed by atoms with Crippen LogP contribution in [0.25, 0.3) is 0 Å². The number of amides is 1. The van der Waals surface area contributed by atoms with Crippen LogP contribution in [-0.2, 0) is 15.9 Å². The van der Waals surface area contributed by atoms with E-state index < -0.39 is 12.1 Å². The number of anilines is 2. The van der Waals surface area contributed by atoms with E-state index in [9.17, 15) is 14.0 Å². The summed E-state index contributed by atoms with van der Waals surface area (Å²) >= 11 is 0. The van der Waals surface area contributed by atoms with Gasteiger partial charge in [-0.2, -0.15) is 0 Å². The van der Waals surface area contributed by atoms with Crippen LogP contribution in [0, 0.1) is 5.82 Å². The Bertz CT molecular complexity index is 1170. The van der Waals surface area contributed by atoms with E-state index in [2.05, 4.69) is 10.2 Å². The summed E-state index contributed by atoms with van der Waals surface area (Å²) in [4.78, 5) is 27.6. The van der Waals surface area contributed by atoms with Gasteiger partial charge < -0.3 is 19.7 Å². The Kier molecular flexibility index (Phi) is 5.79. The zero-order valence-corrected chi connectivity index (χ0v) is 17.9. The van der Waals surface area contributed by atoms with Crippen molar-refractivity contribution in [1.82, 2.24) is 0 Å². The Labute approximate surface area is 190 Å². The summed E-state index contributed by atoms with van der Waals surface area (Å²) in [5, 5.41) is 2.92. The SMILES string of the molecule is O=C(Nc1ccc(N2CCOCC2)cc1)c1ccc2c(c1)CC(c1ccc(F)cc1)OC2=O. The molecule has 3 aromatic carbocycles. The lowest BCUT2D eigenvalue weighted by Crippen LogP contribution is -2.36. The van der Waals surface area contributed by atoms with E-state index in [1.165, 1.54) is 12.1 Å². The van der Waals surface area contributed by atoms with E-state index in [1.807, 2.05) is 24.3 Å². The molecule has 1 N–H and O–H groups in total. The molecular weight excluding hydrogens is 423 g/mol. The molecule has 0 aliphatic carbocycles. The fraction of sp³-hybridized carbons (Fsp3) is 0.231. The molecule has 1 saturated heterocycles. The molecule has 0 aromatic heterocycles. The third-order valence-corrected chi connectivity index (χ3v) is 5.99. The van der Waals surface area contributed by atoms with E-state index in [4.69, 9.17) is 9.47 Å². The van der Waals surface area contributed by atoms with Gasteiger partial charge in [-0.3, -0.25) is 4.79 Å². The number of benzene rings is 3. The number of esters is 1. The van der Waals surface area contributed by atoms with Crippen LogP contribution in [0.2, 0.25) is 0 Å². The molecular formula is C26H23FN2O4. The van der Waals surface area contributed by atoms with E-state index in [0.29, 0.717) is 42.0 Å². The minimum absolute atomic E-state index is 0.255. The second kappa shape index (κ2) is 9.03. The van der Waals surface area contributed by atoms with Crippen molar-refractivity contribution in [1.29, 1.82) is 0 Å². The Morgan fingerprint density at radius 1 is 0.970 bits per heavy atom. The molecule has 0 saturated carbocycles. The van der Waals surface area contributed by atoms with Gasteiger partial charge in [0.15, 0.2) is 0 Å². The van der Waals surface area contributed by atoms with Crippen LogP contribution in [0.4, 0.5) is 15.8 Å². The maximum absolute atomic E-state index is 13.2. The number of hydrogen-bond donors (Lipinski definition) is 1. The van der Waals surface area contributed by atoms with E-state index in [1.54, 1.807) is 30.3 Å². The van der Waals surface area contributed by atoms with Gasteiger partial charge in [-0.25, -0.2) is 9.18 Å². The summed E-state index contributed by atoms with van der Waals surface area (Å²) in [6.45, 7) is 3.13. The highest BCUT2D eigenvalue weighted by Crippen LogP contribution is 2.31. The number of ether oxygens (including phenoxy) is 2. The summed E-state index contributed by atoms with van der Waals surface area (Å²) in [6.07, 6.45) is -0.0983. The number of fused-ring (bicyclic) bond motifs is 1. The quantitative estimate of drug-likeness (QED) is 0.603. The molecule has 1 fully saturated rings. The first-order valence-corrected chi connectivity index (χ1v) is 10.9. The summed E-state index contributed by atoms with van der Waals surface area (Å²) in [6, 6.07) is 18.6. The number of carbonyl (C=O) groups excluding carboxylic acids is 2. The minimum atomic E-state index is -0.517. The van der Waals surface area contributed by atoms with Crippen molar-refractivity contribution in [3.05, 3.63) is 94.8 Å². The van der Waals surface area contributed by atoms with Crippen molar-refractivity contribution in [3.63, 3.8) is 0 Å². The van der Waals surface area contributed by atoms with Gasteiger partial charge in [-0.15, -0.1) is 0 Å². The molecule has 1 unspecified atom stereocenters. The molecule has 0 radical (unpaired) electrons. The normalized spacial score (nSPS) is 17.8. The molecule has 2 heterocycles. The molecule has 5 rings (SSSR count). The molecule has 3 aromatic rings. The highest BCUT2D eigenvalue weighted by molar-refractivity contribution is 6.05. The van der Waals surface area contributed by atoms with Crippen LogP contribution in [-0.4, -0.2) is 38.2 Å². The smallest absolute Gasteiger partial charge is 0.339 e. The molecule has 6 nitrogen and oxygen atoms in total. The first-order valence-electron chi connectivity index (χ1n) is 10.9. The van der Waals surface area contributed by atoms with Crippen molar-refractivity contribution in [3.8, 4) is 0 Å². The Morgan fingerprint density at radius 3 is 2.42 bits per heavy atom. The first kappa shape index (κ1) is 21.2. The highest BCUT2D eigenvalue weighted by Gasteiger charge is 2.28. The van der Waals surface area contributed by atoms with Crippen LogP contribution < -0.4 is 10.2 Å². The Hall–Kier alpha value is -3.71. The van der Waals surface area contributed by atoms with Gasteiger partial charge in [0.05, 0.1) is 18.8 Å². The van der Waals surface area contributed by atoms with Crippen molar-refractivity contribution < 1.29 is 23.5 Å². The summed E-state index contributed by atoms with van der Waals surface area (Å²) in [5.41, 5.74) is 4.13. The summed E-state index contributed by atoms with van der Waals surface area (Å²) in [5.74, 6) is -1.05. The third kappa shape index (κ3) is 4.59. The molecule has 2 aliphatic heterocycles. The number of nitrogens with zero attached hydrogens (tertiary/aromatic N) is 1. The number of morpholine rings is 1. The lowest BCUT2D eigenvalue weighted by molar-refractivity contribution is 0.0252. The maximum Gasteiger partial charge on any atom is 0.339 e. The first-order chi connectivity index (χ1) is 16.1. The average molecular weight is 446 g/mol. The Balaban J connectivity index is 1.30. The number of rotatable bonds is 4. The predicted molar refractivity (Wildman–Crippen MR) is 122 cm³/mol. The van der Waals surface area contributed by atoms with E-state index >= 15 is 0 Å². The molecule has 7 heteroatoms. The molecule has 1 atom stereocenters. The van der Waals surface area contributed by atoms with Crippen LogP contribution in [0.5, 0.6) is 0 Å². The summed E-state index contributed by atoms with van der Waals surface area (Å²) < 4.78 is 24.2.